The Balaban J connectivity index is 2.15. The molecular formula is C7H9BrN2O. The monoisotopic (exact) mass is 216 g/mol. The zero-order valence-electron chi connectivity index (χ0n) is 6.03. The molecule has 4 heteroatoms. The Morgan fingerprint density at radius 2 is 2.64 bits per heavy atom. The molecule has 0 aromatic carbocycles. The van der Waals surface area contributed by atoms with Crippen molar-refractivity contribution >= 4 is 15.9 Å². The normalized spacial score (nSPS) is 24.3. The number of imidazole rings is 1. The van der Waals surface area contributed by atoms with E-state index in [1.54, 1.807) is 6.33 Å². The molecule has 3 nitrogen and oxygen atoms in total. The molecule has 1 aliphatic heterocycles. The van der Waals surface area contributed by atoms with E-state index in [9.17, 15) is 0 Å². The topological polar surface area (TPSA) is 27.1 Å². The molecule has 1 aromatic heterocycles. The molecule has 1 aliphatic rings. The van der Waals surface area contributed by atoms with Crippen LogP contribution in [0.5, 0.6) is 0 Å². The summed E-state index contributed by atoms with van der Waals surface area (Å²) in [6.07, 6.45) is 6.20. The van der Waals surface area contributed by atoms with Crippen molar-refractivity contribution in [2.75, 3.05) is 6.61 Å². The maximum atomic E-state index is 5.45. The van der Waals surface area contributed by atoms with Gasteiger partial charge in [-0.2, -0.15) is 0 Å². The Hall–Kier alpha value is -0.350. The summed E-state index contributed by atoms with van der Waals surface area (Å²) in [5.41, 5.74) is 0. The first kappa shape index (κ1) is 7.31. The number of hydrogen-bond acceptors (Lipinski definition) is 2. The summed E-state index contributed by atoms with van der Waals surface area (Å²) in [5.74, 6) is 0. The van der Waals surface area contributed by atoms with Crippen LogP contribution in [0.3, 0.4) is 0 Å². The van der Waals surface area contributed by atoms with Gasteiger partial charge in [-0.15, -0.1) is 0 Å². The summed E-state index contributed by atoms with van der Waals surface area (Å²) < 4.78 is 8.32. The molecule has 0 amide bonds. The highest BCUT2D eigenvalue weighted by molar-refractivity contribution is 9.10. The minimum Gasteiger partial charge on any atom is -0.358 e. The Bertz CT molecular complexity index is 242. The van der Waals surface area contributed by atoms with Gasteiger partial charge in [-0.3, -0.25) is 0 Å². The summed E-state index contributed by atoms with van der Waals surface area (Å²) in [6, 6.07) is 0. The molecule has 1 saturated heterocycles. The van der Waals surface area contributed by atoms with Gasteiger partial charge in [0.2, 0.25) is 0 Å². The second kappa shape index (κ2) is 2.95. The molecule has 0 spiro atoms. The van der Waals surface area contributed by atoms with Gasteiger partial charge in [0.15, 0.2) is 0 Å². The zero-order valence-corrected chi connectivity index (χ0v) is 7.62. The van der Waals surface area contributed by atoms with Crippen LogP contribution in [-0.4, -0.2) is 16.2 Å². The van der Waals surface area contributed by atoms with Gasteiger partial charge in [-0.25, -0.2) is 4.98 Å². The number of hydrogen-bond donors (Lipinski definition) is 0. The summed E-state index contributed by atoms with van der Waals surface area (Å²) in [6.45, 7) is 0.875. The highest BCUT2D eigenvalue weighted by Gasteiger charge is 2.16. The van der Waals surface area contributed by atoms with Gasteiger partial charge in [0.25, 0.3) is 0 Å². The standard InChI is InChI=1S/C7H9BrN2O/c8-6-4-10(5-9-6)7-2-1-3-11-7/h4-5,7H,1-3H2. The highest BCUT2D eigenvalue weighted by atomic mass is 79.9. The van der Waals surface area contributed by atoms with Gasteiger partial charge in [0.1, 0.15) is 10.8 Å². The fourth-order valence-corrected chi connectivity index (χ4v) is 1.59. The van der Waals surface area contributed by atoms with Crippen LogP contribution in [0.15, 0.2) is 17.1 Å². The Morgan fingerprint density at radius 3 is 3.18 bits per heavy atom. The lowest BCUT2D eigenvalue weighted by Crippen LogP contribution is -2.03. The predicted molar refractivity (Wildman–Crippen MR) is 44.2 cm³/mol. The molecule has 0 N–H and O–H groups in total. The van der Waals surface area contributed by atoms with Crippen LogP contribution in [0.4, 0.5) is 0 Å². The third-order valence-electron chi connectivity index (χ3n) is 1.81. The van der Waals surface area contributed by atoms with Crippen molar-refractivity contribution in [3.05, 3.63) is 17.1 Å². The molecule has 0 radical (unpaired) electrons. The number of halogens is 1. The van der Waals surface area contributed by atoms with E-state index in [1.165, 1.54) is 0 Å². The highest BCUT2D eigenvalue weighted by Crippen LogP contribution is 2.23. The molecule has 2 rings (SSSR count). The minimum absolute atomic E-state index is 0.216. The summed E-state index contributed by atoms with van der Waals surface area (Å²) in [7, 11) is 0. The van der Waals surface area contributed by atoms with E-state index in [4.69, 9.17) is 4.74 Å². The Morgan fingerprint density at radius 1 is 1.73 bits per heavy atom. The summed E-state index contributed by atoms with van der Waals surface area (Å²) >= 11 is 3.29. The van der Waals surface area contributed by atoms with E-state index in [1.807, 2.05) is 10.8 Å². The maximum absolute atomic E-state index is 5.45. The minimum atomic E-state index is 0.216. The Kier molecular flexibility index (Phi) is 1.96. The molecule has 1 fully saturated rings. The van der Waals surface area contributed by atoms with E-state index in [-0.39, 0.29) is 6.23 Å². The van der Waals surface area contributed by atoms with Crippen LogP contribution in [-0.2, 0) is 4.74 Å². The van der Waals surface area contributed by atoms with E-state index < -0.39 is 0 Å². The largest absolute Gasteiger partial charge is 0.358 e. The molecule has 0 aliphatic carbocycles. The lowest BCUT2D eigenvalue weighted by atomic mass is 10.3. The average molecular weight is 217 g/mol. The van der Waals surface area contributed by atoms with E-state index in [0.717, 1.165) is 24.1 Å². The zero-order chi connectivity index (χ0) is 7.68. The molecule has 2 heterocycles. The predicted octanol–water partition coefficient (Wildman–Crippen LogP) is 1.95. The number of rotatable bonds is 1. The second-order valence-electron chi connectivity index (χ2n) is 2.61. The van der Waals surface area contributed by atoms with Gasteiger partial charge in [0.05, 0.1) is 6.33 Å². The van der Waals surface area contributed by atoms with Crippen molar-refractivity contribution in [2.45, 2.75) is 19.1 Å². The first-order chi connectivity index (χ1) is 5.36. The number of ether oxygens (including phenoxy) is 1. The van der Waals surface area contributed by atoms with Crippen molar-refractivity contribution in [3.8, 4) is 0 Å². The SMILES string of the molecule is Brc1cn(C2CCCO2)cn1. The van der Waals surface area contributed by atoms with Crippen molar-refractivity contribution in [1.82, 2.24) is 9.55 Å². The number of aromatic nitrogens is 2. The van der Waals surface area contributed by atoms with Crippen molar-refractivity contribution in [2.24, 2.45) is 0 Å². The lowest BCUT2D eigenvalue weighted by Gasteiger charge is -2.08. The second-order valence-corrected chi connectivity index (χ2v) is 3.42. The van der Waals surface area contributed by atoms with Gasteiger partial charge in [-0.1, -0.05) is 0 Å². The van der Waals surface area contributed by atoms with E-state index in [2.05, 4.69) is 20.9 Å². The summed E-state index contributed by atoms with van der Waals surface area (Å²) in [4.78, 5) is 4.06. The van der Waals surface area contributed by atoms with Crippen LogP contribution in [0, 0.1) is 0 Å². The molecule has 11 heavy (non-hydrogen) atoms. The molecule has 1 unspecified atom stereocenters. The van der Waals surface area contributed by atoms with E-state index >= 15 is 0 Å². The van der Waals surface area contributed by atoms with Crippen LogP contribution in [0.2, 0.25) is 0 Å². The first-order valence-electron chi connectivity index (χ1n) is 3.67. The van der Waals surface area contributed by atoms with Gasteiger partial charge in [0, 0.05) is 12.8 Å². The maximum Gasteiger partial charge on any atom is 0.134 e. The number of nitrogens with zero attached hydrogens (tertiary/aromatic N) is 2. The van der Waals surface area contributed by atoms with Crippen molar-refractivity contribution in [3.63, 3.8) is 0 Å². The fourth-order valence-electron chi connectivity index (χ4n) is 1.26. The molecule has 0 saturated carbocycles. The van der Waals surface area contributed by atoms with Crippen LogP contribution in [0.25, 0.3) is 0 Å². The summed E-state index contributed by atoms with van der Waals surface area (Å²) in [5, 5.41) is 0. The van der Waals surface area contributed by atoms with E-state index in [0.29, 0.717) is 0 Å². The molecular weight excluding hydrogens is 208 g/mol. The Labute approximate surface area is 73.5 Å². The quantitative estimate of drug-likeness (QED) is 0.718. The van der Waals surface area contributed by atoms with Crippen molar-refractivity contribution < 1.29 is 4.74 Å². The molecule has 1 atom stereocenters. The first-order valence-corrected chi connectivity index (χ1v) is 4.46. The molecule has 0 bridgehead atoms. The van der Waals surface area contributed by atoms with Crippen LogP contribution < -0.4 is 0 Å². The molecule has 60 valence electrons. The van der Waals surface area contributed by atoms with Crippen LogP contribution in [0.1, 0.15) is 19.1 Å². The van der Waals surface area contributed by atoms with Gasteiger partial charge >= 0.3 is 0 Å². The van der Waals surface area contributed by atoms with Crippen molar-refractivity contribution in [1.29, 1.82) is 0 Å². The van der Waals surface area contributed by atoms with Crippen LogP contribution >= 0.6 is 15.9 Å². The molecule has 1 aromatic rings. The third-order valence-corrected chi connectivity index (χ3v) is 2.22. The smallest absolute Gasteiger partial charge is 0.134 e. The fraction of sp³-hybridized carbons (Fsp3) is 0.571. The van der Waals surface area contributed by atoms with Gasteiger partial charge < -0.3 is 9.30 Å². The lowest BCUT2D eigenvalue weighted by molar-refractivity contribution is 0.0565. The third kappa shape index (κ3) is 1.46. The van der Waals surface area contributed by atoms with Gasteiger partial charge in [-0.05, 0) is 28.8 Å². The average Bonchev–Trinajstić information content (AvgIpc) is 2.55.